The van der Waals surface area contributed by atoms with E-state index in [0.717, 1.165) is 6.42 Å². The molecule has 0 bridgehead atoms. The van der Waals surface area contributed by atoms with E-state index in [0.29, 0.717) is 18.8 Å². The molecule has 0 aliphatic heterocycles. The standard InChI is InChI=1S/C16H24O5/c1-16-11(7-8-21-10-19-2)5-4-6-12(16)13(17)9-14(20-3)15(16)18/h4-5,9,11-12,15,18H,6-8,10H2,1-3H3/t11-,12+,15+,16-/m1/s1. The Hall–Kier alpha value is -1.17. The normalized spacial score (nSPS) is 35.3. The van der Waals surface area contributed by atoms with Crippen molar-refractivity contribution in [1.29, 1.82) is 0 Å². The van der Waals surface area contributed by atoms with Gasteiger partial charge in [-0.15, -0.1) is 0 Å². The number of methoxy groups -OCH3 is 2. The topological polar surface area (TPSA) is 65.0 Å². The molecule has 0 saturated carbocycles. The van der Waals surface area contributed by atoms with Crippen molar-refractivity contribution in [2.24, 2.45) is 17.3 Å². The monoisotopic (exact) mass is 296 g/mol. The Morgan fingerprint density at radius 3 is 2.86 bits per heavy atom. The minimum atomic E-state index is -0.775. The van der Waals surface area contributed by atoms with Crippen molar-refractivity contribution >= 4 is 5.78 Å². The van der Waals surface area contributed by atoms with E-state index in [1.54, 1.807) is 7.11 Å². The summed E-state index contributed by atoms with van der Waals surface area (Å²) in [6.07, 6.45) is 6.17. The molecule has 4 atom stereocenters. The van der Waals surface area contributed by atoms with Gasteiger partial charge in [0.1, 0.15) is 18.7 Å². The summed E-state index contributed by atoms with van der Waals surface area (Å²) in [7, 11) is 3.07. The lowest BCUT2D eigenvalue weighted by Crippen LogP contribution is -2.52. The molecule has 0 aromatic carbocycles. The Kier molecular flexibility index (Phi) is 5.19. The second-order valence-corrected chi connectivity index (χ2v) is 5.85. The largest absolute Gasteiger partial charge is 0.498 e. The van der Waals surface area contributed by atoms with Crippen LogP contribution < -0.4 is 0 Å². The highest BCUT2D eigenvalue weighted by Gasteiger charge is 2.53. The number of aliphatic hydroxyl groups excluding tert-OH is 1. The van der Waals surface area contributed by atoms with E-state index in [1.807, 2.05) is 13.0 Å². The van der Waals surface area contributed by atoms with Crippen LogP contribution in [0.4, 0.5) is 0 Å². The van der Waals surface area contributed by atoms with E-state index in [-0.39, 0.29) is 24.4 Å². The third-order valence-corrected chi connectivity index (χ3v) is 4.79. The Labute approximate surface area is 125 Å². The van der Waals surface area contributed by atoms with Crippen LogP contribution in [0.25, 0.3) is 0 Å². The van der Waals surface area contributed by atoms with Gasteiger partial charge in [-0.3, -0.25) is 4.79 Å². The van der Waals surface area contributed by atoms with Crippen LogP contribution in [0.1, 0.15) is 19.8 Å². The van der Waals surface area contributed by atoms with Crippen LogP contribution in [-0.4, -0.2) is 44.6 Å². The number of fused-ring (bicyclic) bond motifs is 1. The maximum Gasteiger partial charge on any atom is 0.163 e. The summed E-state index contributed by atoms with van der Waals surface area (Å²) in [6.45, 7) is 2.75. The van der Waals surface area contributed by atoms with Gasteiger partial charge in [-0.25, -0.2) is 0 Å². The number of ether oxygens (including phenoxy) is 3. The second-order valence-electron chi connectivity index (χ2n) is 5.85. The second kappa shape index (κ2) is 6.73. The molecule has 1 N–H and O–H groups in total. The first-order chi connectivity index (χ1) is 10.1. The van der Waals surface area contributed by atoms with Crippen molar-refractivity contribution in [3.8, 4) is 0 Å². The minimum Gasteiger partial charge on any atom is -0.498 e. The minimum absolute atomic E-state index is 0.0341. The summed E-state index contributed by atoms with van der Waals surface area (Å²) < 4.78 is 15.4. The fourth-order valence-corrected chi connectivity index (χ4v) is 3.47. The molecule has 0 saturated heterocycles. The highest BCUT2D eigenvalue weighted by molar-refractivity contribution is 5.94. The molecule has 0 aromatic heterocycles. The number of rotatable bonds is 6. The molecule has 0 unspecified atom stereocenters. The Balaban J connectivity index is 2.19. The molecule has 0 aromatic rings. The zero-order valence-corrected chi connectivity index (χ0v) is 12.9. The third-order valence-electron chi connectivity index (χ3n) is 4.79. The molecule has 2 aliphatic rings. The van der Waals surface area contributed by atoms with E-state index in [4.69, 9.17) is 14.2 Å². The number of hydrogen-bond donors (Lipinski definition) is 1. The van der Waals surface area contributed by atoms with Gasteiger partial charge in [0.05, 0.1) is 13.7 Å². The summed E-state index contributed by atoms with van der Waals surface area (Å²) in [5.74, 6) is 0.249. The van der Waals surface area contributed by atoms with Crippen molar-refractivity contribution in [3.05, 3.63) is 24.0 Å². The summed E-state index contributed by atoms with van der Waals surface area (Å²) in [4.78, 5) is 12.3. The highest BCUT2D eigenvalue weighted by atomic mass is 16.7. The number of carbonyl (C=O) groups is 1. The predicted molar refractivity (Wildman–Crippen MR) is 77.4 cm³/mol. The zero-order chi connectivity index (χ0) is 15.5. The zero-order valence-electron chi connectivity index (χ0n) is 12.9. The number of allylic oxidation sites excluding steroid dienone is 3. The summed E-state index contributed by atoms with van der Waals surface area (Å²) in [6, 6.07) is 0. The lowest BCUT2D eigenvalue weighted by Gasteiger charge is -2.49. The first-order valence-electron chi connectivity index (χ1n) is 7.26. The van der Waals surface area contributed by atoms with Crippen molar-refractivity contribution in [3.63, 3.8) is 0 Å². The quantitative estimate of drug-likeness (QED) is 0.459. The van der Waals surface area contributed by atoms with Crippen LogP contribution in [0.5, 0.6) is 0 Å². The van der Waals surface area contributed by atoms with Crippen molar-refractivity contribution in [2.45, 2.75) is 25.9 Å². The molecule has 0 radical (unpaired) electrons. The highest BCUT2D eigenvalue weighted by Crippen LogP contribution is 2.50. The van der Waals surface area contributed by atoms with Gasteiger partial charge in [0, 0.05) is 24.5 Å². The molecule has 118 valence electrons. The first kappa shape index (κ1) is 16.2. The van der Waals surface area contributed by atoms with Crippen LogP contribution in [0.15, 0.2) is 24.0 Å². The third kappa shape index (κ3) is 2.91. The van der Waals surface area contributed by atoms with Crippen LogP contribution in [0, 0.1) is 17.3 Å². The predicted octanol–water partition coefficient (Wildman–Crippen LogP) is 1.67. The van der Waals surface area contributed by atoms with E-state index in [1.165, 1.54) is 13.2 Å². The van der Waals surface area contributed by atoms with Gasteiger partial charge in [0.25, 0.3) is 0 Å². The molecule has 5 nitrogen and oxygen atoms in total. The molecule has 2 aliphatic carbocycles. The molecule has 0 heterocycles. The molecule has 0 spiro atoms. The average Bonchev–Trinajstić information content (AvgIpc) is 2.48. The fraction of sp³-hybridized carbons (Fsp3) is 0.688. The molecular formula is C16H24O5. The smallest absolute Gasteiger partial charge is 0.163 e. The van der Waals surface area contributed by atoms with Crippen LogP contribution >= 0.6 is 0 Å². The van der Waals surface area contributed by atoms with Gasteiger partial charge >= 0.3 is 0 Å². The van der Waals surface area contributed by atoms with Gasteiger partial charge in [0.2, 0.25) is 0 Å². The van der Waals surface area contributed by atoms with E-state index in [2.05, 4.69) is 6.08 Å². The van der Waals surface area contributed by atoms with E-state index in [9.17, 15) is 9.90 Å². The molecule has 5 heteroatoms. The van der Waals surface area contributed by atoms with Crippen molar-refractivity contribution < 1.29 is 24.1 Å². The van der Waals surface area contributed by atoms with Gasteiger partial charge in [0.15, 0.2) is 5.78 Å². The average molecular weight is 296 g/mol. The number of aliphatic hydroxyl groups is 1. The van der Waals surface area contributed by atoms with Crippen molar-refractivity contribution in [2.75, 3.05) is 27.6 Å². The molecule has 21 heavy (non-hydrogen) atoms. The van der Waals surface area contributed by atoms with Gasteiger partial charge < -0.3 is 19.3 Å². The lowest BCUT2D eigenvalue weighted by molar-refractivity contribution is -0.134. The summed E-state index contributed by atoms with van der Waals surface area (Å²) in [5.41, 5.74) is -0.553. The van der Waals surface area contributed by atoms with E-state index < -0.39 is 11.5 Å². The first-order valence-corrected chi connectivity index (χ1v) is 7.26. The Morgan fingerprint density at radius 2 is 2.19 bits per heavy atom. The van der Waals surface area contributed by atoms with E-state index >= 15 is 0 Å². The van der Waals surface area contributed by atoms with Crippen LogP contribution in [-0.2, 0) is 19.0 Å². The number of carbonyl (C=O) groups excluding carboxylic acids is 1. The molecule has 2 rings (SSSR count). The number of ketones is 1. The number of hydrogen-bond acceptors (Lipinski definition) is 5. The van der Waals surface area contributed by atoms with Gasteiger partial charge in [-0.05, 0) is 18.8 Å². The SMILES string of the molecule is COCOCC[C@H]1C=CC[C@H]2C(=O)C=C(OC)[C@H](O)[C@]12C. The summed E-state index contributed by atoms with van der Waals surface area (Å²) in [5, 5.41) is 10.7. The maximum absolute atomic E-state index is 12.3. The summed E-state index contributed by atoms with van der Waals surface area (Å²) >= 11 is 0. The molecule has 0 amide bonds. The van der Waals surface area contributed by atoms with Crippen molar-refractivity contribution in [1.82, 2.24) is 0 Å². The lowest BCUT2D eigenvalue weighted by atomic mass is 9.56. The fourth-order valence-electron chi connectivity index (χ4n) is 3.47. The Bertz CT molecular complexity index is 442. The molecular weight excluding hydrogens is 272 g/mol. The van der Waals surface area contributed by atoms with Crippen LogP contribution in [0.2, 0.25) is 0 Å². The van der Waals surface area contributed by atoms with Crippen LogP contribution in [0.3, 0.4) is 0 Å². The Morgan fingerprint density at radius 1 is 1.43 bits per heavy atom. The maximum atomic E-state index is 12.3. The van der Waals surface area contributed by atoms with Gasteiger partial charge in [-0.2, -0.15) is 0 Å². The van der Waals surface area contributed by atoms with Gasteiger partial charge in [-0.1, -0.05) is 19.1 Å². The molecule has 0 fully saturated rings.